The SMILES string of the molecule is CCCCCCCCCCCCCCCCCCNC(=S)c1ccccc1.O=C([O-])c1ccc(Cl)cc1.O=C([O-])c1ccc(Cl)cc1.[Cu+2]. The third-order valence-corrected chi connectivity index (χ3v) is 8.40. The van der Waals surface area contributed by atoms with Crippen LogP contribution in [0.2, 0.25) is 10.0 Å². The average molecular weight is 764 g/mol. The Morgan fingerprint density at radius 1 is 0.542 bits per heavy atom. The zero-order chi connectivity index (χ0) is 34.5. The van der Waals surface area contributed by atoms with Crippen LogP contribution >= 0.6 is 35.4 Å². The molecule has 48 heavy (non-hydrogen) atoms. The van der Waals surface area contributed by atoms with Crippen LogP contribution in [0.25, 0.3) is 0 Å². The number of hydrogen-bond donors (Lipinski definition) is 1. The molecule has 0 unspecified atom stereocenters. The van der Waals surface area contributed by atoms with Gasteiger partial charge in [0.25, 0.3) is 0 Å². The zero-order valence-corrected chi connectivity index (χ0v) is 31.4. The number of carbonyl (C=O) groups is 2. The Hall–Kier alpha value is -2.41. The number of aromatic carboxylic acids is 2. The van der Waals surface area contributed by atoms with Gasteiger partial charge in [-0.25, -0.2) is 0 Å². The number of thiocarbonyl (C=S) groups is 1. The molecule has 0 atom stereocenters. The molecule has 0 aliphatic carbocycles. The minimum absolute atomic E-state index is 0. The predicted molar refractivity (Wildman–Crippen MR) is 197 cm³/mol. The fourth-order valence-electron chi connectivity index (χ4n) is 4.74. The van der Waals surface area contributed by atoms with Gasteiger partial charge in [0.05, 0.1) is 11.9 Å². The van der Waals surface area contributed by atoms with E-state index in [9.17, 15) is 19.8 Å². The number of carboxylic acid groups (broad SMARTS) is 2. The molecule has 1 N–H and O–H groups in total. The monoisotopic (exact) mass is 762 g/mol. The first-order valence-corrected chi connectivity index (χ1v) is 18.2. The minimum atomic E-state index is -1.18. The number of halogens is 2. The maximum atomic E-state index is 10.2. The van der Waals surface area contributed by atoms with Crippen LogP contribution in [0.5, 0.6) is 0 Å². The molecule has 5 nitrogen and oxygen atoms in total. The second-order valence-corrected chi connectivity index (χ2v) is 12.8. The molecular weight excluding hydrogens is 713 g/mol. The fourth-order valence-corrected chi connectivity index (χ4v) is 5.23. The van der Waals surface area contributed by atoms with Crippen molar-refractivity contribution in [2.75, 3.05) is 6.54 Å². The van der Waals surface area contributed by atoms with Gasteiger partial charge in [0.15, 0.2) is 0 Å². The van der Waals surface area contributed by atoms with E-state index in [1.165, 1.54) is 151 Å². The second-order valence-electron chi connectivity index (χ2n) is 11.5. The van der Waals surface area contributed by atoms with Crippen LogP contribution in [0.1, 0.15) is 136 Å². The largest absolute Gasteiger partial charge is 2.00 e. The summed E-state index contributed by atoms with van der Waals surface area (Å²) in [6, 6.07) is 21.9. The van der Waals surface area contributed by atoms with Crippen molar-refractivity contribution in [1.82, 2.24) is 5.32 Å². The average Bonchev–Trinajstić information content (AvgIpc) is 3.07. The molecule has 3 aromatic carbocycles. The topological polar surface area (TPSA) is 92.3 Å². The fraction of sp³-hybridized carbons (Fsp3) is 0.462. The van der Waals surface area contributed by atoms with E-state index in [0.29, 0.717) is 10.0 Å². The Morgan fingerprint density at radius 2 is 0.875 bits per heavy atom. The maximum absolute atomic E-state index is 10.2. The molecule has 0 saturated carbocycles. The van der Waals surface area contributed by atoms with Gasteiger partial charge in [-0.1, -0.05) is 193 Å². The Morgan fingerprint density at radius 3 is 1.21 bits per heavy atom. The number of carboxylic acids is 2. The quantitative estimate of drug-likeness (QED) is 0.0701. The van der Waals surface area contributed by atoms with Crippen LogP contribution < -0.4 is 15.5 Å². The molecule has 0 saturated heterocycles. The number of hydrogen-bond acceptors (Lipinski definition) is 5. The van der Waals surface area contributed by atoms with E-state index < -0.39 is 11.9 Å². The summed E-state index contributed by atoms with van der Waals surface area (Å²) in [5, 5.41) is 24.7. The molecule has 9 heteroatoms. The summed E-state index contributed by atoms with van der Waals surface area (Å²) < 4.78 is 0. The van der Waals surface area contributed by atoms with Gasteiger partial charge in [-0.3, -0.25) is 0 Å². The van der Waals surface area contributed by atoms with Crippen LogP contribution in [0.4, 0.5) is 0 Å². The van der Waals surface area contributed by atoms with Crippen LogP contribution in [-0.2, 0) is 17.1 Å². The molecule has 0 fully saturated rings. The maximum Gasteiger partial charge on any atom is 2.00 e. The van der Waals surface area contributed by atoms with Crippen molar-refractivity contribution in [3.05, 3.63) is 106 Å². The number of unbranched alkanes of at least 4 members (excludes halogenated alkanes) is 15. The summed E-state index contributed by atoms with van der Waals surface area (Å²) in [6.45, 7) is 3.30. The summed E-state index contributed by atoms with van der Waals surface area (Å²) in [4.78, 5) is 21.2. The number of nitrogens with one attached hydrogen (secondary N) is 1. The first-order valence-electron chi connectivity index (χ1n) is 17.0. The standard InChI is InChI=1S/C25H43NS.2C7H5ClO2.Cu/c1-2-3-4-5-6-7-8-9-10-11-12-13-14-15-16-20-23-26-25(27)24-21-18-17-19-22-24;2*8-6-3-1-5(2-4-6)7(9)10;/h17-19,21-22H,2-16,20,23H2,1H3,(H,26,27);2*1-4H,(H,9,10);/q;;;+2/p-2. The molecule has 0 spiro atoms. The molecule has 1 radical (unpaired) electrons. The summed E-state index contributed by atoms with van der Waals surface area (Å²) in [5.74, 6) is -2.37. The summed E-state index contributed by atoms with van der Waals surface area (Å²) in [7, 11) is 0. The smallest absolute Gasteiger partial charge is 0.545 e. The van der Waals surface area contributed by atoms with E-state index in [4.69, 9.17) is 35.4 Å². The second kappa shape index (κ2) is 30.6. The van der Waals surface area contributed by atoms with E-state index in [1.54, 1.807) is 0 Å². The van der Waals surface area contributed by atoms with Crippen LogP contribution in [0.15, 0.2) is 78.9 Å². The molecule has 3 rings (SSSR count). The van der Waals surface area contributed by atoms with Crippen molar-refractivity contribution in [2.45, 2.75) is 110 Å². The van der Waals surface area contributed by atoms with Crippen molar-refractivity contribution in [1.29, 1.82) is 0 Å². The first-order chi connectivity index (χ1) is 22.7. The third-order valence-electron chi connectivity index (χ3n) is 7.51. The van der Waals surface area contributed by atoms with Crippen molar-refractivity contribution in [3.63, 3.8) is 0 Å². The van der Waals surface area contributed by atoms with E-state index in [2.05, 4.69) is 24.4 Å². The van der Waals surface area contributed by atoms with E-state index in [-0.39, 0.29) is 28.2 Å². The Bertz CT molecular complexity index is 1190. The van der Waals surface area contributed by atoms with Gasteiger partial charge in [-0.15, -0.1) is 0 Å². The molecular formula is C39H51Cl2CuNO4S. The van der Waals surface area contributed by atoms with Gasteiger partial charge in [0.1, 0.15) is 4.99 Å². The summed E-state index contributed by atoms with van der Waals surface area (Å²) in [5.41, 5.74) is 1.41. The van der Waals surface area contributed by atoms with E-state index in [0.717, 1.165) is 17.1 Å². The van der Waals surface area contributed by atoms with Crippen LogP contribution in [-0.4, -0.2) is 23.5 Å². The van der Waals surface area contributed by atoms with E-state index in [1.807, 2.05) is 18.2 Å². The molecule has 0 heterocycles. The summed E-state index contributed by atoms with van der Waals surface area (Å²) >= 11 is 16.4. The minimum Gasteiger partial charge on any atom is -0.545 e. The number of rotatable bonds is 20. The van der Waals surface area contributed by atoms with E-state index >= 15 is 0 Å². The van der Waals surface area contributed by atoms with Gasteiger partial charge in [-0.05, 0) is 41.8 Å². The van der Waals surface area contributed by atoms with Crippen molar-refractivity contribution in [3.8, 4) is 0 Å². The molecule has 0 bridgehead atoms. The number of benzene rings is 3. The third kappa shape index (κ3) is 24.7. The summed E-state index contributed by atoms with van der Waals surface area (Å²) in [6.07, 6.45) is 22.6. The number of carbonyl (C=O) groups excluding carboxylic acids is 2. The molecule has 0 aliphatic heterocycles. The molecule has 267 valence electrons. The van der Waals surface area contributed by atoms with Crippen molar-refractivity contribution < 1.29 is 36.9 Å². The van der Waals surface area contributed by atoms with Crippen LogP contribution in [0, 0.1) is 0 Å². The Kier molecular flexibility index (Phi) is 29.1. The van der Waals surface area contributed by atoms with Gasteiger partial charge >= 0.3 is 17.1 Å². The van der Waals surface area contributed by atoms with Gasteiger partial charge < -0.3 is 25.1 Å². The molecule has 0 aliphatic rings. The molecule has 3 aromatic rings. The normalized spacial score (nSPS) is 9.98. The van der Waals surface area contributed by atoms with Gasteiger partial charge in [0.2, 0.25) is 0 Å². The van der Waals surface area contributed by atoms with Gasteiger partial charge in [-0.2, -0.15) is 0 Å². The molecule has 0 amide bonds. The van der Waals surface area contributed by atoms with Crippen LogP contribution in [0.3, 0.4) is 0 Å². The zero-order valence-electron chi connectivity index (χ0n) is 28.1. The van der Waals surface area contributed by atoms with Gasteiger partial charge in [0, 0.05) is 22.2 Å². The Labute approximate surface area is 314 Å². The van der Waals surface area contributed by atoms with Crippen molar-refractivity contribution >= 4 is 52.3 Å². The predicted octanol–water partition coefficient (Wildman–Crippen LogP) is 9.62. The van der Waals surface area contributed by atoms with Crippen molar-refractivity contribution in [2.24, 2.45) is 0 Å². The Balaban J connectivity index is 0.000000852. The first kappa shape index (κ1) is 45.6. The molecule has 0 aromatic heterocycles.